The van der Waals surface area contributed by atoms with Crippen molar-refractivity contribution < 1.29 is 31.5 Å². The molecule has 1 rings (SSSR count). The van der Waals surface area contributed by atoms with Gasteiger partial charge in [0, 0.05) is 12.5 Å². The van der Waals surface area contributed by atoms with E-state index in [2.05, 4.69) is 0 Å². The third-order valence-corrected chi connectivity index (χ3v) is 5.66. The summed E-state index contributed by atoms with van der Waals surface area (Å²) in [5.41, 5.74) is 0.987. The molecule has 0 N–H and O–H groups in total. The van der Waals surface area contributed by atoms with E-state index < -0.39 is 10.1 Å². The van der Waals surface area contributed by atoms with Crippen molar-refractivity contribution in [1.29, 1.82) is 0 Å². The third kappa shape index (κ3) is 14.3. The average molecular weight is 467 g/mol. The minimum atomic E-state index is -3.74. The van der Waals surface area contributed by atoms with E-state index in [1.54, 1.807) is 12.1 Å². The highest BCUT2D eigenvalue weighted by atomic mass is 35.5. The van der Waals surface area contributed by atoms with E-state index in [0.29, 0.717) is 39.6 Å². The molecule has 0 amide bonds. The predicted molar refractivity (Wildman–Crippen MR) is 117 cm³/mol. The monoisotopic (exact) mass is 466 g/mol. The van der Waals surface area contributed by atoms with Crippen LogP contribution in [0.1, 0.15) is 31.2 Å². The van der Waals surface area contributed by atoms with Crippen LogP contribution in [0.25, 0.3) is 0 Å². The summed E-state index contributed by atoms with van der Waals surface area (Å²) in [6, 6.07) is 6.51. The van der Waals surface area contributed by atoms with Gasteiger partial charge in [0.05, 0.1) is 57.8 Å². The Hall–Kier alpha value is -0.740. The Balaban J connectivity index is 1.84. The Morgan fingerprint density at radius 3 is 1.67 bits per heavy atom. The topological polar surface area (TPSA) is 80.3 Å². The molecule has 0 radical (unpaired) electrons. The summed E-state index contributed by atoms with van der Waals surface area (Å²) in [6.07, 6.45) is 4.43. The normalized spacial score (nSPS) is 11.8. The zero-order valence-electron chi connectivity index (χ0n) is 17.9. The summed E-state index contributed by atoms with van der Waals surface area (Å²) in [6.45, 7) is 5.67. The molecule has 0 atom stereocenters. The molecule has 0 unspecified atom stereocenters. The number of hydrogen-bond donors (Lipinski definition) is 0. The van der Waals surface area contributed by atoms with Gasteiger partial charge in [0.2, 0.25) is 0 Å². The van der Waals surface area contributed by atoms with Gasteiger partial charge >= 0.3 is 0 Å². The predicted octanol–water partition coefficient (Wildman–Crippen LogP) is 3.57. The van der Waals surface area contributed by atoms with Crippen LogP contribution in [0.3, 0.4) is 0 Å². The molecule has 0 aliphatic rings. The minimum absolute atomic E-state index is 0.0357. The lowest BCUT2D eigenvalue weighted by Crippen LogP contribution is -2.15. The van der Waals surface area contributed by atoms with E-state index in [1.165, 1.54) is 12.1 Å². The molecule has 30 heavy (non-hydrogen) atoms. The maximum atomic E-state index is 12.0. The van der Waals surface area contributed by atoms with E-state index >= 15 is 0 Å². The highest BCUT2D eigenvalue weighted by molar-refractivity contribution is 7.86. The molecule has 9 heteroatoms. The first-order valence-corrected chi connectivity index (χ1v) is 12.3. The molecule has 0 saturated heterocycles. The second-order valence-corrected chi connectivity index (χ2v) is 8.64. The number of rotatable bonds is 20. The molecule has 174 valence electrons. The van der Waals surface area contributed by atoms with Gasteiger partial charge in [-0.3, -0.25) is 4.18 Å². The molecule has 1 aromatic rings. The van der Waals surface area contributed by atoms with Crippen molar-refractivity contribution in [3.05, 3.63) is 29.8 Å². The number of aryl methyl sites for hydroxylation is 1. The molecule has 0 aliphatic heterocycles. The van der Waals surface area contributed by atoms with Crippen LogP contribution in [-0.4, -0.2) is 73.8 Å². The zero-order valence-corrected chi connectivity index (χ0v) is 19.4. The molecular formula is C21H35ClO7S. The highest BCUT2D eigenvalue weighted by Gasteiger charge is 2.14. The average Bonchev–Trinajstić information content (AvgIpc) is 2.73. The van der Waals surface area contributed by atoms with Crippen molar-refractivity contribution in [2.45, 2.75) is 37.5 Å². The van der Waals surface area contributed by atoms with Crippen molar-refractivity contribution >= 4 is 21.7 Å². The first-order valence-electron chi connectivity index (χ1n) is 10.4. The molecule has 0 aromatic heterocycles. The Kier molecular flexibility index (Phi) is 16.3. The van der Waals surface area contributed by atoms with Crippen LogP contribution in [0, 0.1) is 6.92 Å². The lowest BCUT2D eigenvalue weighted by Gasteiger charge is -2.08. The third-order valence-electron chi connectivity index (χ3n) is 4.06. The zero-order chi connectivity index (χ0) is 21.9. The van der Waals surface area contributed by atoms with Crippen LogP contribution < -0.4 is 0 Å². The van der Waals surface area contributed by atoms with Gasteiger partial charge in [-0.2, -0.15) is 8.42 Å². The molecule has 1 aromatic carbocycles. The lowest BCUT2D eigenvalue weighted by molar-refractivity contribution is -0.00468. The fourth-order valence-corrected chi connectivity index (χ4v) is 3.47. The van der Waals surface area contributed by atoms with Crippen molar-refractivity contribution in [2.75, 3.05) is 65.3 Å². The number of ether oxygens (including phenoxy) is 4. The van der Waals surface area contributed by atoms with Gasteiger partial charge in [0.25, 0.3) is 10.1 Å². The van der Waals surface area contributed by atoms with E-state index in [1.807, 2.05) is 6.92 Å². The Morgan fingerprint density at radius 1 is 0.667 bits per heavy atom. The number of alkyl halides is 1. The minimum Gasteiger partial charge on any atom is -0.379 e. The number of unbranched alkanes of at least 4 members (excludes halogenated alkanes) is 3. The van der Waals surface area contributed by atoms with Crippen LogP contribution in [-0.2, 0) is 33.2 Å². The van der Waals surface area contributed by atoms with Gasteiger partial charge in [-0.1, -0.05) is 30.5 Å². The van der Waals surface area contributed by atoms with Crippen LogP contribution in [0.2, 0.25) is 0 Å². The molecule has 0 fully saturated rings. The van der Waals surface area contributed by atoms with Gasteiger partial charge in [-0.25, -0.2) is 0 Å². The summed E-state index contributed by atoms with van der Waals surface area (Å²) < 4.78 is 50.5. The van der Waals surface area contributed by atoms with Gasteiger partial charge in [-0.05, 0) is 31.9 Å². The Bertz CT molecular complexity index is 623. The second kappa shape index (κ2) is 17.9. The molecule has 0 aliphatic carbocycles. The van der Waals surface area contributed by atoms with Crippen LogP contribution in [0.15, 0.2) is 29.2 Å². The fourth-order valence-electron chi connectivity index (χ4n) is 2.39. The summed E-state index contributed by atoms with van der Waals surface area (Å²) in [7, 11) is -3.74. The highest BCUT2D eigenvalue weighted by Crippen LogP contribution is 2.12. The summed E-state index contributed by atoms with van der Waals surface area (Å²) in [5, 5.41) is 0. The summed E-state index contributed by atoms with van der Waals surface area (Å²) in [5.74, 6) is 0.732. The summed E-state index contributed by atoms with van der Waals surface area (Å²) >= 11 is 5.62. The van der Waals surface area contributed by atoms with Gasteiger partial charge < -0.3 is 18.9 Å². The van der Waals surface area contributed by atoms with Gasteiger partial charge in [0.15, 0.2) is 0 Å². The first kappa shape index (κ1) is 27.3. The standard InChI is InChI=1S/C21H35ClO7S/c1-20-6-8-21(9-7-20)30(23,24)29-19-18-28-17-16-27-15-14-26-13-12-25-11-5-3-2-4-10-22/h6-9H,2-5,10-19H2,1H3. The SMILES string of the molecule is Cc1ccc(S(=O)(=O)OCCOCCOCCOCCOCCCCCCCl)cc1. The Morgan fingerprint density at radius 2 is 1.13 bits per heavy atom. The maximum absolute atomic E-state index is 12.0. The van der Waals surface area contributed by atoms with Crippen molar-refractivity contribution in [1.82, 2.24) is 0 Å². The van der Waals surface area contributed by atoms with Crippen molar-refractivity contribution in [3.63, 3.8) is 0 Å². The molecule has 0 bridgehead atoms. The fraction of sp³-hybridized carbons (Fsp3) is 0.714. The van der Waals surface area contributed by atoms with E-state index in [4.69, 9.17) is 34.7 Å². The second-order valence-electron chi connectivity index (χ2n) is 6.64. The largest absolute Gasteiger partial charge is 0.379 e. The smallest absolute Gasteiger partial charge is 0.297 e. The molecule has 0 saturated carbocycles. The van der Waals surface area contributed by atoms with Crippen LogP contribution in [0.4, 0.5) is 0 Å². The first-order chi connectivity index (χ1) is 14.6. The molecular weight excluding hydrogens is 432 g/mol. The summed E-state index contributed by atoms with van der Waals surface area (Å²) in [4.78, 5) is 0.143. The van der Waals surface area contributed by atoms with Crippen LogP contribution in [0.5, 0.6) is 0 Å². The molecule has 0 spiro atoms. The van der Waals surface area contributed by atoms with E-state index in [0.717, 1.165) is 43.7 Å². The maximum Gasteiger partial charge on any atom is 0.297 e. The quantitative estimate of drug-likeness (QED) is 0.165. The number of halogens is 1. The number of benzene rings is 1. The Labute approximate surface area is 186 Å². The van der Waals surface area contributed by atoms with Crippen molar-refractivity contribution in [3.8, 4) is 0 Å². The van der Waals surface area contributed by atoms with Crippen molar-refractivity contribution in [2.24, 2.45) is 0 Å². The van der Waals surface area contributed by atoms with E-state index in [9.17, 15) is 8.42 Å². The number of hydrogen-bond acceptors (Lipinski definition) is 7. The van der Waals surface area contributed by atoms with Gasteiger partial charge in [0.1, 0.15) is 0 Å². The van der Waals surface area contributed by atoms with E-state index in [-0.39, 0.29) is 18.1 Å². The lowest BCUT2D eigenvalue weighted by atomic mass is 10.2. The molecule has 0 heterocycles. The van der Waals surface area contributed by atoms with Gasteiger partial charge in [-0.15, -0.1) is 11.6 Å². The van der Waals surface area contributed by atoms with Crippen LogP contribution >= 0.6 is 11.6 Å². The molecule has 7 nitrogen and oxygen atoms in total.